The van der Waals surface area contributed by atoms with Gasteiger partial charge in [-0.25, -0.2) is 10.0 Å². The Morgan fingerprint density at radius 3 is 2.38 bits per heavy atom. The van der Waals surface area contributed by atoms with Gasteiger partial charge in [0.1, 0.15) is 0 Å². The van der Waals surface area contributed by atoms with Crippen LogP contribution in [-0.2, 0) is 14.3 Å². The Kier molecular flexibility index (Phi) is 2.94. The first-order valence-corrected chi connectivity index (χ1v) is 9.62. The van der Waals surface area contributed by atoms with E-state index in [1.54, 1.807) is 10.0 Å². The zero-order chi connectivity index (χ0) is 18.5. The number of amides is 2. The number of para-hydroxylation sites is 1. The number of fused-ring (bicyclic) bond motifs is 1. The molecule has 26 heavy (non-hydrogen) atoms. The smallest absolute Gasteiger partial charge is 0.273 e. The van der Waals surface area contributed by atoms with Crippen LogP contribution in [0.1, 0.15) is 47.0 Å². The average molecular weight is 354 g/mol. The van der Waals surface area contributed by atoms with Crippen LogP contribution < -0.4 is 5.01 Å². The van der Waals surface area contributed by atoms with Crippen LogP contribution in [0.4, 0.5) is 5.69 Å². The number of nitrogens with zero attached hydrogens (tertiary/aromatic N) is 2. The molecule has 0 N–H and O–H groups in total. The Labute approximate surface area is 154 Å². The lowest BCUT2D eigenvalue weighted by atomic mass is 9.67. The number of carbonyl (C=O) groups excluding carboxylic acids is 2. The Hall–Kier alpha value is -1.88. The summed E-state index contributed by atoms with van der Waals surface area (Å²) in [6.07, 6.45) is 2.39. The summed E-state index contributed by atoms with van der Waals surface area (Å²) < 4.78 is 5.65. The number of ether oxygens (including phenoxy) is 1. The second-order valence-electron chi connectivity index (χ2n) is 9.42. The summed E-state index contributed by atoms with van der Waals surface area (Å²) in [7, 11) is 0. The fraction of sp³-hybridized carbons (Fsp3) is 0.619. The molecule has 5 heteroatoms. The van der Waals surface area contributed by atoms with E-state index < -0.39 is 17.1 Å². The number of epoxide rings is 1. The highest BCUT2D eigenvalue weighted by atomic mass is 16.6. The molecule has 1 aromatic rings. The zero-order valence-electron chi connectivity index (χ0n) is 15.9. The minimum atomic E-state index is -0.470. The second-order valence-corrected chi connectivity index (χ2v) is 9.42. The van der Waals surface area contributed by atoms with Gasteiger partial charge in [0.2, 0.25) is 0 Å². The van der Waals surface area contributed by atoms with Crippen LogP contribution in [0.3, 0.4) is 0 Å². The Morgan fingerprint density at radius 2 is 1.81 bits per heavy atom. The molecule has 4 atom stereocenters. The molecule has 2 saturated carbocycles. The average Bonchev–Trinajstić information content (AvgIpc) is 2.95. The van der Waals surface area contributed by atoms with Gasteiger partial charge in [0.25, 0.3) is 11.8 Å². The molecule has 0 unspecified atom stereocenters. The molecule has 2 bridgehead atoms. The number of hydrogen-bond donors (Lipinski definition) is 0. The Bertz CT molecular complexity index is 803. The predicted octanol–water partition coefficient (Wildman–Crippen LogP) is 3.15. The molecule has 5 rings (SSSR count). The fourth-order valence-corrected chi connectivity index (χ4v) is 5.99. The van der Waals surface area contributed by atoms with E-state index in [0.29, 0.717) is 5.92 Å². The van der Waals surface area contributed by atoms with Crippen LogP contribution in [0.2, 0.25) is 0 Å². The number of hydrogen-bond acceptors (Lipinski definition) is 3. The Morgan fingerprint density at radius 1 is 1.15 bits per heavy atom. The summed E-state index contributed by atoms with van der Waals surface area (Å²) in [5, 5.41) is 3.42. The molecule has 138 valence electrons. The highest BCUT2D eigenvalue weighted by Crippen LogP contribution is 2.70. The standard InChI is InChI=1S/C21H26N2O3/c1-19(2)13-10-11-21(19)15(12-13)23(17(24)16-20(3,4)26-16)22(18(21)25)14-8-6-5-7-9-14/h5-9,13,15-16H,10-12H2,1-4H3/t13-,15-,16-,21+/m1/s1. The highest BCUT2D eigenvalue weighted by molar-refractivity contribution is 6.06. The van der Waals surface area contributed by atoms with Crippen molar-refractivity contribution in [3.05, 3.63) is 30.3 Å². The highest BCUT2D eigenvalue weighted by Gasteiger charge is 2.76. The molecule has 4 fully saturated rings. The molecule has 0 aromatic heterocycles. The van der Waals surface area contributed by atoms with Crippen LogP contribution in [0.5, 0.6) is 0 Å². The van der Waals surface area contributed by atoms with Gasteiger partial charge in [-0.3, -0.25) is 9.59 Å². The summed E-state index contributed by atoms with van der Waals surface area (Å²) in [6.45, 7) is 8.30. The van der Waals surface area contributed by atoms with Crippen molar-refractivity contribution in [2.24, 2.45) is 16.7 Å². The van der Waals surface area contributed by atoms with Gasteiger partial charge in [-0.2, -0.15) is 0 Å². The molecule has 4 aliphatic rings. The van der Waals surface area contributed by atoms with Gasteiger partial charge in [-0.1, -0.05) is 32.0 Å². The minimum Gasteiger partial charge on any atom is -0.356 e. The first-order chi connectivity index (χ1) is 12.2. The lowest BCUT2D eigenvalue weighted by molar-refractivity contribution is -0.135. The van der Waals surface area contributed by atoms with Crippen molar-refractivity contribution in [1.29, 1.82) is 0 Å². The molecule has 1 aromatic carbocycles. The van der Waals surface area contributed by atoms with E-state index in [9.17, 15) is 9.59 Å². The predicted molar refractivity (Wildman–Crippen MR) is 97.1 cm³/mol. The molecule has 2 amide bonds. The molecule has 2 aliphatic carbocycles. The van der Waals surface area contributed by atoms with Crippen molar-refractivity contribution in [1.82, 2.24) is 5.01 Å². The van der Waals surface area contributed by atoms with Crippen LogP contribution >= 0.6 is 0 Å². The summed E-state index contributed by atoms with van der Waals surface area (Å²) in [6, 6.07) is 9.52. The maximum absolute atomic E-state index is 13.8. The van der Waals surface area contributed by atoms with Crippen molar-refractivity contribution < 1.29 is 14.3 Å². The van der Waals surface area contributed by atoms with Crippen molar-refractivity contribution in [3.63, 3.8) is 0 Å². The number of benzene rings is 1. The van der Waals surface area contributed by atoms with Gasteiger partial charge in [0, 0.05) is 0 Å². The molecule has 2 heterocycles. The third-order valence-electron chi connectivity index (χ3n) is 7.67. The Balaban J connectivity index is 1.64. The van der Waals surface area contributed by atoms with Crippen LogP contribution in [0.25, 0.3) is 0 Å². The third kappa shape index (κ3) is 1.70. The number of hydrazine groups is 1. The maximum atomic E-state index is 13.8. The van der Waals surface area contributed by atoms with Crippen molar-refractivity contribution in [2.45, 2.75) is 64.7 Å². The molecule has 2 aliphatic heterocycles. The van der Waals surface area contributed by atoms with E-state index in [-0.39, 0.29) is 23.3 Å². The van der Waals surface area contributed by atoms with Gasteiger partial charge < -0.3 is 4.74 Å². The number of rotatable bonds is 2. The van der Waals surface area contributed by atoms with Gasteiger partial charge in [0.15, 0.2) is 6.10 Å². The quantitative estimate of drug-likeness (QED) is 0.767. The van der Waals surface area contributed by atoms with Crippen LogP contribution in [0.15, 0.2) is 30.3 Å². The molecular formula is C21H26N2O3. The summed E-state index contributed by atoms with van der Waals surface area (Å²) >= 11 is 0. The van der Waals surface area contributed by atoms with Crippen molar-refractivity contribution in [3.8, 4) is 0 Å². The summed E-state index contributed by atoms with van der Waals surface area (Å²) in [4.78, 5) is 27.2. The molecule has 2 saturated heterocycles. The summed E-state index contributed by atoms with van der Waals surface area (Å²) in [5.74, 6) is 0.515. The van der Waals surface area contributed by atoms with E-state index in [2.05, 4.69) is 13.8 Å². The zero-order valence-corrected chi connectivity index (χ0v) is 15.9. The van der Waals surface area contributed by atoms with E-state index >= 15 is 0 Å². The normalized spacial score (nSPS) is 38.6. The fourth-order valence-electron chi connectivity index (χ4n) is 5.99. The summed E-state index contributed by atoms with van der Waals surface area (Å²) in [5.41, 5.74) is -0.225. The topological polar surface area (TPSA) is 53.2 Å². The van der Waals surface area contributed by atoms with Gasteiger partial charge in [-0.05, 0) is 56.6 Å². The molecule has 1 spiro atoms. The SMILES string of the molecule is CC1(C)O[C@@H]1C(=O)N1[C@@H]2C[C@H]3CC[C@]2(C(=O)N1c1ccccc1)C3(C)C. The van der Waals surface area contributed by atoms with Crippen LogP contribution in [0, 0.1) is 16.7 Å². The molecule has 5 nitrogen and oxygen atoms in total. The number of carbonyl (C=O) groups is 2. The second kappa shape index (κ2) is 4.69. The monoisotopic (exact) mass is 354 g/mol. The largest absolute Gasteiger partial charge is 0.356 e. The van der Waals surface area contributed by atoms with Gasteiger partial charge >= 0.3 is 0 Å². The minimum absolute atomic E-state index is 0.0588. The maximum Gasteiger partial charge on any atom is 0.273 e. The van der Waals surface area contributed by atoms with Crippen molar-refractivity contribution in [2.75, 3.05) is 5.01 Å². The first kappa shape index (κ1) is 16.3. The lowest BCUT2D eigenvalue weighted by Gasteiger charge is -2.34. The molecule has 0 radical (unpaired) electrons. The lowest BCUT2D eigenvalue weighted by Crippen LogP contribution is -2.50. The van der Waals surface area contributed by atoms with E-state index in [0.717, 1.165) is 24.9 Å². The van der Waals surface area contributed by atoms with Crippen molar-refractivity contribution >= 4 is 17.5 Å². The van der Waals surface area contributed by atoms with E-state index in [1.807, 2.05) is 44.2 Å². The van der Waals surface area contributed by atoms with Crippen LogP contribution in [-0.4, -0.2) is 34.6 Å². The van der Waals surface area contributed by atoms with E-state index in [1.165, 1.54) is 0 Å². The number of anilines is 1. The van der Waals surface area contributed by atoms with Gasteiger partial charge in [-0.15, -0.1) is 0 Å². The third-order valence-corrected chi connectivity index (χ3v) is 7.67. The first-order valence-electron chi connectivity index (χ1n) is 9.62. The van der Waals surface area contributed by atoms with E-state index in [4.69, 9.17) is 4.74 Å². The molecular weight excluding hydrogens is 328 g/mol. The van der Waals surface area contributed by atoms with Gasteiger partial charge in [0.05, 0.1) is 22.7 Å².